The molecule has 11 heteroatoms. The second-order valence-corrected chi connectivity index (χ2v) is 16.1. The maximum absolute atomic E-state index is 12.9. The zero-order valence-corrected chi connectivity index (χ0v) is 33.3. The number of phenolic OH excluding ortho intramolecular Hbond substituents is 2. The highest BCUT2D eigenvalue weighted by Crippen LogP contribution is 2.47. The summed E-state index contributed by atoms with van der Waals surface area (Å²) in [7, 11) is 0. The van der Waals surface area contributed by atoms with Crippen molar-refractivity contribution in [2.45, 2.75) is 51.1 Å². The zero-order valence-electron chi connectivity index (χ0n) is 33.3. The largest absolute Gasteiger partial charge is 0.507 e. The molecule has 59 heavy (non-hydrogen) atoms. The monoisotopic (exact) mass is 784 g/mol. The first-order valence-corrected chi connectivity index (χ1v) is 20.4. The van der Waals surface area contributed by atoms with E-state index in [4.69, 9.17) is 20.7 Å². The van der Waals surface area contributed by atoms with Crippen LogP contribution in [-0.2, 0) is 4.79 Å². The molecule has 0 radical (unpaired) electrons. The predicted molar refractivity (Wildman–Crippen MR) is 234 cm³/mol. The fraction of sp³-hybridized carbons (Fsp3) is 0.271. The highest BCUT2D eigenvalue weighted by atomic mass is 16.3. The van der Waals surface area contributed by atoms with Crippen LogP contribution in [-0.4, -0.2) is 74.3 Å². The zero-order chi connectivity index (χ0) is 40.6. The number of fused-ring (bicyclic) bond motifs is 2. The van der Waals surface area contributed by atoms with Crippen LogP contribution in [0.4, 0.5) is 11.6 Å². The number of carbonyl (C=O) groups excluding carboxylic acids is 1. The van der Waals surface area contributed by atoms with Gasteiger partial charge in [0, 0.05) is 55.0 Å². The van der Waals surface area contributed by atoms with Gasteiger partial charge in [-0.3, -0.25) is 4.79 Å². The summed E-state index contributed by atoms with van der Waals surface area (Å²) in [6.45, 7) is 7.28. The second-order valence-electron chi connectivity index (χ2n) is 16.1. The lowest BCUT2D eigenvalue weighted by Crippen LogP contribution is -2.38. The van der Waals surface area contributed by atoms with Crippen LogP contribution >= 0.6 is 0 Å². The first-order valence-electron chi connectivity index (χ1n) is 20.4. The molecule has 2 aliphatic heterocycles. The number of hydrogen-bond acceptors (Lipinski definition) is 10. The molecule has 7 aromatic rings. The van der Waals surface area contributed by atoms with Crippen molar-refractivity contribution in [3.63, 3.8) is 0 Å². The number of amides is 1. The lowest BCUT2D eigenvalue weighted by Gasteiger charge is -2.21. The Morgan fingerprint density at radius 2 is 1.19 bits per heavy atom. The van der Waals surface area contributed by atoms with Crippen molar-refractivity contribution in [1.29, 1.82) is 0 Å². The van der Waals surface area contributed by atoms with Gasteiger partial charge < -0.3 is 31.1 Å². The van der Waals surface area contributed by atoms with Gasteiger partial charge in [-0.25, -0.2) is 19.9 Å². The third kappa shape index (κ3) is 7.98. The number of nitrogens with one attached hydrogen (secondary N) is 1. The van der Waals surface area contributed by atoms with Gasteiger partial charge in [-0.1, -0.05) is 66.7 Å². The van der Waals surface area contributed by atoms with E-state index in [1.54, 1.807) is 24.3 Å². The first-order chi connectivity index (χ1) is 28.7. The quantitative estimate of drug-likeness (QED) is 0.127. The second kappa shape index (κ2) is 16.0. The van der Waals surface area contributed by atoms with Crippen molar-refractivity contribution in [3.05, 3.63) is 132 Å². The number of nitrogens with two attached hydrogens (primary N) is 1. The molecule has 10 rings (SSSR count). The van der Waals surface area contributed by atoms with Crippen LogP contribution in [0.25, 0.3) is 44.6 Å². The summed E-state index contributed by atoms with van der Waals surface area (Å²) in [6, 6.07) is 37.3. The molecule has 5 N–H and O–H groups in total. The number of benzene rings is 5. The van der Waals surface area contributed by atoms with Gasteiger partial charge >= 0.3 is 0 Å². The third-order valence-corrected chi connectivity index (χ3v) is 11.7. The summed E-state index contributed by atoms with van der Waals surface area (Å²) in [6.07, 6.45) is 2.76. The lowest BCUT2D eigenvalue weighted by molar-refractivity contribution is -0.123. The van der Waals surface area contributed by atoms with Crippen molar-refractivity contribution in [2.24, 2.45) is 11.7 Å². The molecule has 1 amide bonds. The number of hydrogen-bond donors (Lipinski definition) is 4. The molecule has 0 spiro atoms. The number of aryl methyl sites for hydroxylation is 2. The molecule has 11 nitrogen and oxygen atoms in total. The fourth-order valence-corrected chi connectivity index (χ4v) is 8.41. The summed E-state index contributed by atoms with van der Waals surface area (Å²) in [5, 5.41) is 25.9. The lowest BCUT2D eigenvalue weighted by atomic mass is 10.1. The molecule has 0 bridgehead atoms. The molecule has 3 fully saturated rings. The Bertz CT molecular complexity index is 2670. The molecule has 5 aromatic carbocycles. The molecule has 4 heterocycles. The van der Waals surface area contributed by atoms with E-state index in [0.717, 1.165) is 83.5 Å². The summed E-state index contributed by atoms with van der Waals surface area (Å²) in [5.74, 6) is 3.71. The standard InChI is InChI=1S/C29H28N4O2.C19H20N4O/c1-18-11-12-21-25(15-18)31-27(22-9-5-6-10-26(22)34)32-28(21)33-14-13-20(17-33)30-29(35)24-16-23(24)19-7-3-2-4-8-19;1-12-6-7-14-16(10-12)21-18(15-4-2-3-5-17(15)24)22-19(14)23-9-8-13(20)11-23/h2-12,15,20,23-24,34H,13-14,16-17H2,1H3,(H,30,35);2-7,10,13,24H,8-9,11,20H2,1H3/t20-,23-,24?;13-/m11/s1. The van der Waals surface area contributed by atoms with Gasteiger partial charge in [0.05, 0.1) is 22.2 Å². The minimum absolute atomic E-state index is 0.0713. The molecular weight excluding hydrogens is 737 g/mol. The number of carbonyl (C=O) groups is 1. The number of aromatic hydroxyl groups is 2. The number of para-hydroxylation sites is 2. The van der Waals surface area contributed by atoms with E-state index >= 15 is 0 Å². The van der Waals surface area contributed by atoms with Crippen molar-refractivity contribution in [2.75, 3.05) is 36.0 Å². The smallest absolute Gasteiger partial charge is 0.224 e. The molecule has 2 saturated heterocycles. The Balaban J connectivity index is 0.000000163. The van der Waals surface area contributed by atoms with Crippen molar-refractivity contribution in [3.8, 4) is 34.3 Å². The minimum Gasteiger partial charge on any atom is -0.507 e. The normalized spacial score (nSPS) is 19.8. The van der Waals surface area contributed by atoms with Gasteiger partial charge in [0.1, 0.15) is 23.1 Å². The number of rotatable bonds is 7. The van der Waals surface area contributed by atoms with Crippen LogP contribution in [0.1, 0.15) is 41.9 Å². The molecule has 2 aromatic heterocycles. The van der Waals surface area contributed by atoms with Crippen LogP contribution in [0, 0.1) is 19.8 Å². The summed E-state index contributed by atoms with van der Waals surface area (Å²) >= 11 is 0. The number of anilines is 2. The summed E-state index contributed by atoms with van der Waals surface area (Å²) < 4.78 is 0. The van der Waals surface area contributed by atoms with E-state index < -0.39 is 0 Å². The van der Waals surface area contributed by atoms with Crippen LogP contribution < -0.4 is 20.9 Å². The Hall–Kier alpha value is -6.59. The number of nitrogens with zero attached hydrogens (tertiary/aromatic N) is 6. The van der Waals surface area contributed by atoms with Crippen molar-refractivity contribution >= 4 is 39.3 Å². The molecule has 1 saturated carbocycles. The maximum atomic E-state index is 12.9. The summed E-state index contributed by atoms with van der Waals surface area (Å²) in [5.41, 5.74) is 12.6. The van der Waals surface area contributed by atoms with Crippen molar-refractivity contribution in [1.82, 2.24) is 25.3 Å². The Labute approximate surface area is 343 Å². The number of phenols is 2. The predicted octanol–water partition coefficient (Wildman–Crippen LogP) is 7.66. The Morgan fingerprint density at radius 1 is 0.661 bits per heavy atom. The fourth-order valence-electron chi connectivity index (χ4n) is 8.41. The third-order valence-electron chi connectivity index (χ3n) is 11.7. The maximum Gasteiger partial charge on any atom is 0.224 e. The van der Waals surface area contributed by atoms with Crippen molar-refractivity contribution < 1.29 is 15.0 Å². The van der Waals surface area contributed by atoms with E-state index in [2.05, 4.69) is 68.6 Å². The van der Waals surface area contributed by atoms with Crippen LogP contribution in [0.15, 0.2) is 115 Å². The van der Waals surface area contributed by atoms with Gasteiger partial charge in [-0.05, 0) is 104 Å². The van der Waals surface area contributed by atoms with Crippen LogP contribution in [0.2, 0.25) is 0 Å². The van der Waals surface area contributed by atoms with E-state index in [-0.39, 0.29) is 35.4 Å². The highest BCUT2D eigenvalue weighted by molar-refractivity contribution is 5.93. The SMILES string of the molecule is Cc1ccc2c(N3CC[C@@H](N)C3)nc(-c3ccccc3O)nc2c1.Cc1ccc2c(N3CC[C@@H](NC(=O)C4C[C@@H]4c4ccccc4)C3)nc(-c3ccccc3O)nc2c1. The molecule has 4 atom stereocenters. The van der Waals surface area contributed by atoms with Crippen LogP contribution in [0.3, 0.4) is 0 Å². The van der Waals surface area contributed by atoms with Gasteiger partial charge in [-0.2, -0.15) is 0 Å². The van der Waals surface area contributed by atoms with Gasteiger partial charge in [0.15, 0.2) is 11.6 Å². The van der Waals surface area contributed by atoms with E-state index in [1.165, 1.54) is 5.56 Å². The van der Waals surface area contributed by atoms with E-state index in [9.17, 15) is 15.0 Å². The average Bonchev–Trinajstić information content (AvgIpc) is 3.72. The van der Waals surface area contributed by atoms with Gasteiger partial charge in [0.25, 0.3) is 0 Å². The molecular formula is C48H48N8O3. The molecule has 298 valence electrons. The molecule has 3 aliphatic rings. The topological polar surface area (TPSA) is 154 Å². The summed E-state index contributed by atoms with van der Waals surface area (Å²) in [4.78, 5) is 36.5. The van der Waals surface area contributed by atoms with E-state index in [1.807, 2.05) is 56.3 Å². The number of aromatic nitrogens is 4. The molecule has 1 aliphatic carbocycles. The minimum atomic E-state index is 0.0713. The van der Waals surface area contributed by atoms with Crippen LogP contribution in [0.5, 0.6) is 11.5 Å². The first kappa shape index (κ1) is 38.0. The van der Waals surface area contributed by atoms with Gasteiger partial charge in [0.2, 0.25) is 5.91 Å². The Morgan fingerprint density at radius 3 is 1.73 bits per heavy atom. The Kier molecular flexibility index (Phi) is 10.3. The molecule has 1 unspecified atom stereocenters. The van der Waals surface area contributed by atoms with E-state index in [0.29, 0.717) is 35.2 Å². The highest BCUT2D eigenvalue weighted by Gasteiger charge is 2.44. The van der Waals surface area contributed by atoms with Gasteiger partial charge in [-0.15, -0.1) is 0 Å². The average molecular weight is 785 g/mol.